The van der Waals surface area contributed by atoms with E-state index in [0.29, 0.717) is 6.04 Å². The molecule has 114 valence electrons. The van der Waals surface area contributed by atoms with E-state index < -0.39 is 0 Å². The van der Waals surface area contributed by atoms with Crippen LogP contribution < -0.4 is 5.32 Å². The van der Waals surface area contributed by atoms with Crippen LogP contribution in [0.2, 0.25) is 0 Å². The van der Waals surface area contributed by atoms with E-state index in [0.717, 1.165) is 25.9 Å². The highest BCUT2D eigenvalue weighted by Crippen LogP contribution is 2.17. The number of rotatable bonds is 8. The minimum atomic E-state index is 0.556. The van der Waals surface area contributed by atoms with Gasteiger partial charge in [0.15, 0.2) is 0 Å². The lowest BCUT2D eigenvalue weighted by molar-refractivity contribution is 0.248. The molecule has 0 amide bonds. The van der Waals surface area contributed by atoms with Crippen molar-refractivity contribution < 1.29 is 0 Å². The van der Waals surface area contributed by atoms with E-state index in [-0.39, 0.29) is 0 Å². The molecule has 0 saturated carbocycles. The first-order chi connectivity index (χ1) is 10.2. The molecule has 0 saturated heterocycles. The smallest absolute Gasteiger partial charge is 0.0236 e. The average Bonchev–Trinajstić information content (AvgIpc) is 2.99. The highest BCUT2D eigenvalue weighted by atomic mass is 32.1. The molecule has 0 fully saturated rings. The Labute approximate surface area is 132 Å². The standard InChI is InChI=1S/C18H26N2S/c1-15(13-18-9-6-12-21-18)20(3)14-17-8-5-4-7-16(17)10-11-19-2/h4-9,12,15,19H,10-11,13-14H2,1-3H3. The quantitative estimate of drug-likeness (QED) is 0.802. The topological polar surface area (TPSA) is 15.3 Å². The van der Waals surface area contributed by atoms with Crippen molar-refractivity contribution in [2.45, 2.75) is 32.4 Å². The molecular formula is C18H26N2S. The van der Waals surface area contributed by atoms with Crippen LogP contribution in [0.15, 0.2) is 41.8 Å². The molecule has 1 heterocycles. The number of nitrogens with one attached hydrogen (secondary N) is 1. The van der Waals surface area contributed by atoms with E-state index in [1.54, 1.807) is 0 Å². The van der Waals surface area contributed by atoms with Gasteiger partial charge in [0.2, 0.25) is 0 Å². The lowest BCUT2D eigenvalue weighted by Crippen LogP contribution is -2.30. The maximum Gasteiger partial charge on any atom is 0.0236 e. The highest BCUT2D eigenvalue weighted by molar-refractivity contribution is 7.09. The molecular weight excluding hydrogens is 276 g/mol. The Kier molecular flexibility index (Phi) is 6.43. The number of hydrogen-bond acceptors (Lipinski definition) is 3. The van der Waals surface area contributed by atoms with Crippen molar-refractivity contribution in [2.75, 3.05) is 20.6 Å². The first-order valence-corrected chi connectivity index (χ1v) is 8.52. The summed E-state index contributed by atoms with van der Waals surface area (Å²) in [5, 5.41) is 5.40. The Bertz CT molecular complexity index is 522. The van der Waals surface area contributed by atoms with Gasteiger partial charge in [-0.1, -0.05) is 30.3 Å². The van der Waals surface area contributed by atoms with Gasteiger partial charge in [-0.15, -0.1) is 11.3 Å². The largest absolute Gasteiger partial charge is 0.319 e. The van der Waals surface area contributed by atoms with E-state index in [9.17, 15) is 0 Å². The zero-order valence-electron chi connectivity index (χ0n) is 13.3. The van der Waals surface area contributed by atoms with Gasteiger partial charge in [0.1, 0.15) is 0 Å². The lowest BCUT2D eigenvalue weighted by Gasteiger charge is -2.25. The van der Waals surface area contributed by atoms with E-state index >= 15 is 0 Å². The summed E-state index contributed by atoms with van der Waals surface area (Å²) in [5.41, 5.74) is 2.91. The van der Waals surface area contributed by atoms with Crippen LogP contribution >= 0.6 is 11.3 Å². The number of benzene rings is 1. The maximum absolute atomic E-state index is 3.24. The monoisotopic (exact) mass is 302 g/mol. The molecule has 0 spiro atoms. The fraction of sp³-hybridized carbons (Fsp3) is 0.444. The summed E-state index contributed by atoms with van der Waals surface area (Å²) < 4.78 is 0. The highest BCUT2D eigenvalue weighted by Gasteiger charge is 2.12. The van der Waals surface area contributed by atoms with E-state index in [4.69, 9.17) is 0 Å². The van der Waals surface area contributed by atoms with Crippen LogP contribution in [0.25, 0.3) is 0 Å². The Balaban J connectivity index is 1.96. The fourth-order valence-corrected chi connectivity index (χ4v) is 3.34. The molecule has 1 N–H and O–H groups in total. The van der Waals surface area contributed by atoms with Gasteiger partial charge in [-0.05, 0) is 63.0 Å². The number of hydrogen-bond donors (Lipinski definition) is 1. The molecule has 0 bridgehead atoms. The van der Waals surface area contributed by atoms with E-state index in [1.165, 1.54) is 16.0 Å². The van der Waals surface area contributed by atoms with Gasteiger partial charge in [0.05, 0.1) is 0 Å². The molecule has 1 aromatic carbocycles. The average molecular weight is 302 g/mol. The van der Waals surface area contributed by atoms with E-state index in [2.05, 4.69) is 66.0 Å². The first kappa shape index (κ1) is 16.2. The normalized spacial score (nSPS) is 12.8. The van der Waals surface area contributed by atoms with Gasteiger partial charge < -0.3 is 5.32 Å². The molecule has 1 aromatic heterocycles. The molecule has 0 radical (unpaired) electrons. The summed E-state index contributed by atoms with van der Waals surface area (Å²) in [5.74, 6) is 0. The molecule has 1 atom stereocenters. The van der Waals surface area contributed by atoms with Crippen molar-refractivity contribution in [3.63, 3.8) is 0 Å². The van der Waals surface area contributed by atoms with Crippen molar-refractivity contribution >= 4 is 11.3 Å². The summed E-state index contributed by atoms with van der Waals surface area (Å²) in [7, 11) is 4.24. The second kappa shape index (κ2) is 8.32. The molecule has 2 rings (SSSR count). The fourth-order valence-electron chi connectivity index (χ4n) is 2.52. The van der Waals surface area contributed by atoms with Crippen molar-refractivity contribution in [1.82, 2.24) is 10.2 Å². The van der Waals surface area contributed by atoms with Crippen molar-refractivity contribution in [2.24, 2.45) is 0 Å². The van der Waals surface area contributed by atoms with Gasteiger partial charge in [0, 0.05) is 17.5 Å². The summed E-state index contributed by atoms with van der Waals surface area (Å²) >= 11 is 1.85. The van der Waals surface area contributed by atoms with Crippen LogP contribution in [0.5, 0.6) is 0 Å². The molecule has 2 nitrogen and oxygen atoms in total. The van der Waals surface area contributed by atoms with Crippen LogP contribution in [-0.4, -0.2) is 31.6 Å². The summed E-state index contributed by atoms with van der Waals surface area (Å²) in [6.07, 6.45) is 2.23. The number of nitrogens with zero attached hydrogens (tertiary/aromatic N) is 1. The summed E-state index contributed by atoms with van der Waals surface area (Å²) in [4.78, 5) is 3.93. The van der Waals surface area contributed by atoms with Crippen LogP contribution in [0.1, 0.15) is 22.9 Å². The molecule has 0 aliphatic carbocycles. The van der Waals surface area contributed by atoms with E-state index in [1.807, 2.05) is 18.4 Å². The minimum Gasteiger partial charge on any atom is -0.319 e. The second-order valence-corrected chi connectivity index (χ2v) is 6.70. The van der Waals surface area contributed by atoms with Crippen LogP contribution in [0.3, 0.4) is 0 Å². The Morgan fingerprint density at radius 2 is 1.90 bits per heavy atom. The van der Waals surface area contributed by atoms with Gasteiger partial charge >= 0.3 is 0 Å². The lowest BCUT2D eigenvalue weighted by atomic mass is 10.0. The molecule has 0 aliphatic rings. The van der Waals surface area contributed by atoms with Crippen molar-refractivity contribution in [3.8, 4) is 0 Å². The first-order valence-electron chi connectivity index (χ1n) is 7.64. The maximum atomic E-state index is 3.24. The third-order valence-corrected chi connectivity index (χ3v) is 4.91. The zero-order chi connectivity index (χ0) is 15.1. The SMILES string of the molecule is CNCCc1ccccc1CN(C)C(C)Cc1cccs1. The van der Waals surface area contributed by atoms with Crippen molar-refractivity contribution in [3.05, 3.63) is 57.8 Å². The van der Waals surface area contributed by atoms with Crippen LogP contribution in [0, 0.1) is 0 Å². The van der Waals surface area contributed by atoms with Crippen LogP contribution in [-0.2, 0) is 19.4 Å². The predicted molar refractivity (Wildman–Crippen MR) is 93.0 cm³/mol. The molecule has 2 aromatic rings. The Morgan fingerprint density at radius 1 is 1.14 bits per heavy atom. The number of thiophene rings is 1. The van der Waals surface area contributed by atoms with Crippen LogP contribution in [0.4, 0.5) is 0 Å². The van der Waals surface area contributed by atoms with Gasteiger partial charge in [-0.25, -0.2) is 0 Å². The zero-order valence-corrected chi connectivity index (χ0v) is 14.1. The van der Waals surface area contributed by atoms with Crippen molar-refractivity contribution in [1.29, 1.82) is 0 Å². The minimum absolute atomic E-state index is 0.556. The molecule has 3 heteroatoms. The van der Waals surface area contributed by atoms with Gasteiger partial charge in [0.25, 0.3) is 0 Å². The third-order valence-electron chi connectivity index (χ3n) is 4.01. The Hall–Kier alpha value is -1.16. The van der Waals surface area contributed by atoms with Gasteiger partial charge in [-0.3, -0.25) is 4.90 Å². The third kappa shape index (κ3) is 4.95. The Morgan fingerprint density at radius 3 is 2.57 bits per heavy atom. The predicted octanol–water partition coefficient (Wildman–Crippen LogP) is 3.57. The molecule has 0 aliphatic heterocycles. The molecule has 21 heavy (non-hydrogen) atoms. The number of likely N-dealkylation sites (N-methyl/N-ethyl adjacent to an activating group) is 2. The van der Waals surface area contributed by atoms with Gasteiger partial charge in [-0.2, -0.15) is 0 Å². The molecule has 1 unspecified atom stereocenters. The second-order valence-electron chi connectivity index (χ2n) is 5.67. The summed E-state index contributed by atoms with van der Waals surface area (Å²) in [6.45, 7) is 4.37. The summed E-state index contributed by atoms with van der Waals surface area (Å²) in [6, 6.07) is 13.7.